The molecule has 15 heavy (non-hydrogen) atoms. The van der Waals surface area contributed by atoms with Crippen LogP contribution >= 0.6 is 0 Å². The third kappa shape index (κ3) is 5.17. The van der Waals surface area contributed by atoms with Gasteiger partial charge in [0.1, 0.15) is 0 Å². The zero-order valence-electron chi connectivity index (χ0n) is 10.00. The van der Waals surface area contributed by atoms with Crippen LogP contribution in [0.4, 0.5) is 0 Å². The lowest BCUT2D eigenvalue weighted by atomic mass is 10.1. The van der Waals surface area contributed by atoms with E-state index in [1.807, 2.05) is 0 Å². The van der Waals surface area contributed by atoms with Gasteiger partial charge in [0.05, 0.1) is 6.54 Å². The summed E-state index contributed by atoms with van der Waals surface area (Å²) in [6.07, 6.45) is 6.51. The molecule has 1 aliphatic heterocycles. The van der Waals surface area contributed by atoms with Crippen molar-refractivity contribution in [3.8, 4) is 12.3 Å². The molecule has 0 aliphatic carbocycles. The highest BCUT2D eigenvalue weighted by atomic mass is 15.2. The second-order valence-electron chi connectivity index (χ2n) is 4.56. The van der Waals surface area contributed by atoms with E-state index in [0.717, 1.165) is 19.0 Å². The Hall–Kier alpha value is -0.560. The number of nitrogens with one attached hydrogen (secondary N) is 1. The summed E-state index contributed by atoms with van der Waals surface area (Å²) >= 11 is 0. The topological polar surface area (TPSA) is 18.5 Å². The van der Waals surface area contributed by atoms with Gasteiger partial charge in [-0.25, -0.2) is 0 Å². The molecule has 3 heteroatoms. The summed E-state index contributed by atoms with van der Waals surface area (Å²) in [5.74, 6) is 3.44. The molecule has 0 radical (unpaired) electrons. The molecule has 1 N–H and O–H groups in total. The normalized spacial score (nSPS) is 22.1. The summed E-state index contributed by atoms with van der Waals surface area (Å²) in [5, 5.41) is 3.21. The van der Waals surface area contributed by atoms with Gasteiger partial charge in [-0.05, 0) is 33.0 Å². The Morgan fingerprint density at radius 1 is 1.60 bits per heavy atom. The molecule has 1 aliphatic rings. The molecule has 0 saturated carbocycles. The summed E-state index contributed by atoms with van der Waals surface area (Å²) in [6, 6.07) is 0. The first-order chi connectivity index (χ1) is 7.22. The molecule has 0 spiro atoms. The third-order valence-corrected chi connectivity index (χ3v) is 2.96. The smallest absolute Gasteiger partial charge is 0.0574 e. The lowest BCUT2D eigenvalue weighted by Crippen LogP contribution is -2.33. The predicted molar refractivity (Wildman–Crippen MR) is 64.8 cm³/mol. The van der Waals surface area contributed by atoms with Crippen LogP contribution in [0.2, 0.25) is 0 Å². The van der Waals surface area contributed by atoms with E-state index in [-0.39, 0.29) is 0 Å². The van der Waals surface area contributed by atoms with Crippen LogP contribution in [0.3, 0.4) is 0 Å². The largest absolute Gasteiger partial charge is 0.306 e. The molecule has 0 amide bonds. The summed E-state index contributed by atoms with van der Waals surface area (Å²) < 4.78 is 0. The highest BCUT2D eigenvalue weighted by molar-refractivity contribution is 4.86. The minimum atomic E-state index is 0.681. The van der Waals surface area contributed by atoms with E-state index < -0.39 is 0 Å². The van der Waals surface area contributed by atoms with Gasteiger partial charge >= 0.3 is 0 Å². The maximum absolute atomic E-state index is 5.16. The first-order valence-electron chi connectivity index (χ1n) is 5.73. The van der Waals surface area contributed by atoms with E-state index in [4.69, 9.17) is 6.42 Å². The number of hydrogen-bond acceptors (Lipinski definition) is 3. The Balaban J connectivity index is 2.03. The molecule has 1 saturated heterocycles. The number of hydrogen-bond donors (Lipinski definition) is 1. The number of likely N-dealkylation sites (tertiary alicyclic amines) is 1. The predicted octanol–water partition coefficient (Wildman–Crippen LogP) is 0.0927. The van der Waals surface area contributed by atoms with Crippen molar-refractivity contribution in [2.75, 3.05) is 53.4 Å². The average molecular weight is 209 g/mol. The second kappa shape index (κ2) is 6.84. The molecule has 1 unspecified atom stereocenters. The molecule has 3 nitrogen and oxygen atoms in total. The van der Waals surface area contributed by atoms with Crippen LogP contribution in [0, 0.1) is 18.3 Å². The fourth-order valence-electron chi connectivity index (χ4n) is 2.14. The SMILES string of the molecule is C#CCNCCN(C)CC1CCN(C)C1. The van der Waals surface area contributed by atoms with E-state index in [1.54, 1.807) is 0 Å². The van der Waals surface area contributed by atoms with Crippen LogP contribution in [-0.2, 0) is 0 Å². The fraction of sp³-hybridized carbons (Fsp3) is 0.833. The molecular weight excluding hydrogens is 186 g/mol. The van der Waals surface area contributed by atoms with Crippen molar-refractivity contribution in [2.45, 2.75) is 6.42 Å². The van der Waals surface area contributed by atoms with Gasteiger partial charge < -0.3 is 15.1 Å². The third-order valence-electron chi connectivity index (χ3n) is 2.96. The Kier molecular flexibility index (Phi) is 5.70. The number of rotatable bonds is 6. The summed E-state index contributed by atoms with van der Waals surface area (Å²) in [5.41, 5.74) is 0. The van der Waals surface area contributed by atoms with E-state index in [0.29, 0.717) is 6.54 Å². The number of terminal acetylenes is 1. The maximum Gasteiger partial charge on any atom is 0.0574 e. The van der Waals surface area contributed by atoms with Gasteiger partial charge in [-0.3, -0.25) is 0 Å². The molecule has 86 valence electrons. The monoisotopic (exact) mass is 209 g/mol. The van der Waals surface area contributed by atoms with Crippen molar-refractivity contribution in [1.82, 2.24) is 15.1 Å². The van der Waals surface area contributed by atoms with E-state index in [1.165, 1.54) is 26.1 Å². The van der Waals surface area contributed by atoms with Crippen molar-refractivity contribution >= 4 is 0 Å². The Labute approximate surface area is 93.8 Å². The first-order valence-corrected chi connectivity index (χ1v) is 5.73. The Morgan fingerprint density at radius 3 is 3.00 bits per heavy atom. The molecular formula is C12H23N3. The van der Waals surface area contributed by atoms with Crippen molar-refractivity contribution in [3.05, 3.63) is 0 Å². The van der Waals surface area contributed by atoms with Gasteiger partial charge in [-0.15, -0.1) is 6.42 Å². The average Bonchev–Trinajstić information content (AvgIpc) is 2.59. The zero-order valence-corrected chi connectivity index (χ0v) is 10.00. The van der Waals surface area contributed by atoms with E-state index in [9.17, 15) is 0 Å². The lowest BCUT2D eigenvalue weighted by molar-refractivity contribution is 0.274. The molecule has 1 fully saturated rings. The van der Waals surface area contributed by atoms with Crippen LogP contribution in [0.5, 0.6) is 0 Å². The Morgan fingerprint density at radius 2 is 2.40 bits per heavy atom. The van der Waals surface area contributed by atoms with E-state index in [2.05, 4.69) is 35.1 Å². The van der Waals surface area contributed by atoms with Gasteiger partial charge in [-0.1, -0.05) is 5.92 Å². The first kappa shape index (κ1) is 12.5. The molecule has 0 aromatic carbocycles. The lowest BCUT2D eigenvalue weighted by Gasteiger charge is -2.20. The van der Waals surface area contributed by atoms with Crippen LogP contribution < -0.4 is 5.32 Å². The molecule has 0 bridgehead atoms. The minimum Gasteiger partial charge on any atom is -0.306 e. The van der Waals surface area contributed by atoms with Crippen molar-refractivity contribution in [2.24, 2.45) is 5.92 Å². The van der Waals surface area contributed by atoms with Crippen molar-refractivity contribution < 1.29 is 0 Å². The number of nitrogens with zero attached hydrogens (tertiary/aromatic N) is 2. The van der Waals surface area contributed by atoms with Gasteiger partial charge in [0.25, 0.3) is 0 Å². The summed E-state index contributed by atoms with van der Waals surface area (Å²) in [4.78, 5) is 4.81. The minimum absolute atomic E-state index is 0.681. The quantitative estimate of drug-likeness (QED) is 0.494. The second-order valence-corrected chi connectivity index (χ2v) is 4.56. The van der Waals surface area contributed by atoms with Gasteiger partial charge in [-0.2, -0.15) is 0 Å². The summed E-state index contributed by atoms with van der Waals surface area (Å²) in [7, 11) is 4.39. The van der Waals surface area contributed by atoms with Crippen molar-refractivity contribution in [3.63, 3.8) is 0 Å². The number of likely N-dealkylation sites (N-methyl/N-ethyl adjacent to an activating group) is 1. The molecule has 1 rings (SSSR count). The van der Waals surface area contributed by atoms with Crippen LogP contribution in [0.25, 0.3) is 0 Å². The van der Waals surface area contributed by atoms with Crippen molar-refractivity contribution in [1.29, 1.82) is 0 Å². The van der Waals surface area contributed by atoms with E-state index >= 15 is 0 Å². The zero-order chi connectivity index (χ0) is 11.1. The summed E-state index contributed by atoms with van der Waals surface area (Å²) in [6.45, 7) is 6.48. The van der Waals surface area contributed by atoms with Crippen LogP contribution in [-0.4, -0.2) is 63.2 Å². The standard InChI is InChI=1S/C12H23N3/c1-4-6-13-7-9-15(3)11-12-5-8-14(2)10-12/h1,12-13H,5-11H2,2-3H3. The Bertz CT molecular complexity index is 209. The molecule has 0 aromatic rings. The van der Waals surface area contributed by atoms with Gasteiger partial charge in [0, 0.05) is 26.2 Å². The fourth-order valence-corrected chi connectivity index (χ4v) is 2.14. The van der Waals surface area contributed by atoms with Crippen LogP contribution in [0.15, 0.2) is 0 Å². The maximum atomic E-state index is 5.16. The van der Waals surface area contributed by atoms with Gasteiger partial charge in [0.15, 0.2) is 0 Å². The molecule has 1 atom stereocenters. The highest BCUT2D eigenvalue weighted by Crippen LogP contribution is 2.14. The highest BCUT2D eigenvalue weighted by Gasteiger charge is 2.20. The van der Waals surface area contributed by atoms with Crippen LogP contribution in [0.1, 0.15) is 6.42 Å². The molecule has 0 aromatic heterocycles. The molecule has 1 heterocycles. The van der Waals surface area contributed by atoms with Gasteiger partial charge in [0.2, 0.25) is 0 Å².